The van der Waals surface area contributed by atoms with Gasteiger partial charge < -0.3 is 20.3 Å². The third kappa shape index (κ3) is 7.11. The molecule has 7 nitrogen and oxygen atoms in total. The number of benzene rings is 1. The number of piperazine rings is 1. The second-order valence-corrected chi connectivity index (χ2v) is 5.96. The highest BCUT2D eigenvalue weighted by molar-refractivity contribution is 5.92. The predicted molar refractivity (Wildman–Crippen MR) is 97.6 cm³/mol. The number of carbonyl (C=O) groups is 2. The minimum atomic E-state index is -0.0371. The van der Waals surface area contributed by atoms with Crippen molar-refractivity contribution in [1.82, 2.24) is 15.1 Å². The number of nitrogens with zero attached hydrogens (tertiary/aromatic N) is 2. The van der Waals surface area contributed by atoms with Crippen molar-refractivity contribution in [1.29, 1.82) is 0 Å². The smallest absolute Gasteiger partial charge is 0.317 e. The van der Waals surface area contributed by atoms with Crippen molar-refractivity contribution < 1.29 is 14.3 Å². The standard InChI is InChI=1S/C18H28N4O3/c1-2-25-14-6-9-19-18(24)22-12-10-21(11-13-22)15-17(23)20-16-7-4-3-5-8-16/h3-5,7-8H,2,6,9-15H2,1H3,(H,19,24)(H,20,23). The lowest BCUT2D eigenvalue weighted by Gasteiger charge is -2.34. The normalized spacial score (nSPS) is 15.0. The lowest BCUT2D eigenvalue weighted by Crippen LogP contribution is -2.53. The van der Waals surface area contributed by atoms with Crippen LogP contribution < -0.4 is 10.6 Å². The second-order valence-electron chi connectivity index (χ2n) is 5.96. The summed E-state index contributed by atoms with van der Waals surface area (Å²) in [4.78, 5) is 28.0. The van der Waals surface area contributed by atoms with Gasteiger partial charge >= 0.3 is 6.03 Å². The molecule has 0 radical (unpaired) electrons. The Balaban J connectivity index is 1.62. The molecule has 0 atom stereocenters. The lowest BCUT2D eigenvalue weighted by atomic mass is 10.3. The minimum Gasteiger partial charge on any atom is -0.382 e. The molecule has 0 bridgehead atoms. The summed E-state index contributed by atoms with van der Waals surface area (Å²) in [6, 6.07) is 9.39. The Hall–Kier alpha value is -2.12. The monoisotopic (exact) mass is 348 g/mol. The summed E-state index contributed by atoms with van der Waals surface area (Å²) < 4.78 is 5.24. The maximum Gasteiger partial charge on any atom is 0.317 e. The molecule has 2 rings (SSSR count). The predicted octanol–water partition coefficient (Wildman–Crippen LogP) is 1.38. The number of anilines is 1. The Kier molecular flexibility index (Phi) is 8.21. The maximum atomic E-state index is 12.1. The van der Waals surface area contributed by atoms with Gasteiger partial charge in [0.05, 0.1) is 6.54 Å². The van der Waals surface area contributed by atoms with E-state index in [0.717, 1.165) is 12.1 Å². The largest absolute Gasteiger partial charge is 0.382 e. The number of carbonyl (C=O) groups excluding carboxylic acids is 2. The highest BCUT2D eigenvalue weighted by Gasteiger charge is 2.22. The molecule has 25 heavy (non-hydrogen) atoms. The fraction of sp³-hybridized carbons (Fsp3) is 0.556. The summed E-state index contributed by atoms with van der Waals surface area (Å²) in [6.07, 6.45) is 0.819. The van der Waals surface area contributed by atoms with E-state index in [1.165, 1.54) is 0 Å². The van der Waals surface area contributed by atoms with E-state index in [-0.39, 0.29) is 11.9 Å². The van der Waals surface area contributed by atoms with Crippen LogP contribution in [0.1, 0.15) is 13.3 Å². The molecular weight excluding hydrogens is 320 g/mol. The summed E-state index contributed by atoms with van der Waals surface area (Å²) in [7, 11) is 0. The SMILES string of the molecule is CCOCCCNC(=O)N1CCN(CC(=O)Nc2ccccc2)CC1. The summed E-state index contributed by atoms with van der Waals surface area (Å²) in [5.74, 6) is -0.0278. The Morgan fingerprint density at radius 1 is 1.12 bits per heavy atom. The molecule has 1 fully saturated rings. The molecule has 0 saturated carbocycles. The van der Waals surface area contributed by atoms with Crippen LogP contribution in [-0.4, -0.2) is 74.2 Å². The summed E-state index contributed by atoms with van der Waals surface area (Å²) in [5, 5.41) is 5.79. The molecule has 2 N–H and O–H groups in total. The first-order valence-electron chi connectivity index (χ1n) is 8.87. The van der Waals surface area contributed by atoms with Crippen LogP contribution in [0.4, 0.5) is 10.5 Å². The van der Waals surface area contributed by atoms with E-state index in [0.29, 0.717) is 52.5 Å². The molecule has 1 aliphatic heterocycles. The van der Waals surface area contributed by atoms with Gasteiger partial charge in [0, 0.05) is 51.6 Å². The van der Waals surface area contributed by atoms with Gasteiger partial charge in [-0.05, 0) is 25.5 Å². The number of amides is 3. The van der Waals surface area contributed by atoms with Crippen molar-refractivity contribution in [3.05, 3.63) is 30.3 Å². The number of urea groups is 1. The minimum absolute atomic E-state index is 0.0278. The van der Waals surface area contributed by atoms with Gasteiger partial charge in [-0.1, -0.05) is 18.2 Å². The Morgan fingerprint density at radius 2 is 1.84 bits per heavy atom. The van der Waals surface area contributed by atoms with Gasteiger partial charge in [0.15, 0.2) is 0 Å². The average Bonchev–Trinajstić information content (AvgIpc) is 2.63. The first kappa shape index (κ1) is 19.2. The van der Waals surface area contributed by atoms with Gasteiger partial charge in [0.1, 0.15) is 0 Å². The summed E-state index contributed by atoms with van der Waals surface area (Å²) >= 11 is 0. The van der Waals surface area contributed by atoms with Gasteiger partial charge in [-0.2, -0.15) is 0 Å². The van der Waals surface area contributed by atoms with Crippen LogP contribution in [0.15, 0.2) is 30.3 Å². The van der Waals surface area contributed by atoms with Crippen molar-refractivity contribution >= 4 is 17.6 Å². The van der Waals surface area contributed by atoms with Gasteiger partial charge in [-0.3, -0.25) is 9.69 Å². The average molecular weight is 348 g/mol. The van der Waals surface area contributed by atoms with Gasteiger partial charge in [0.2, 0.25) is 5.91 Å². The molecule has 7 heteroatoms. The number of hydrogen-bond acceptors (Lipinski definition) is 4. The number of rotatable bonds is 8. The van der Waals surface area contributed by atoms with Gasteiger partial charge in [-0.25, -0.2) is 4.79 Å². The molecule has 0 aliphatic carbocycles. The van der Waals surface area contributed by atoms with E-state index in [2.05, 4.69) is 15.5 Å². The Morgan fingerprint density at radius 3 is 2.52 bits per heavy atom. The van der Waals surface area contributed by atoms with E-state index in [9.17, 15) is 9.59 Å². The van der Waals surface area contributed by atoms with Crippen LogP contribution in [0.3, 0.4) is 0 Å². The van der Waals surface area contributed by atoms with Crippen LogP contribution in [-0.2, 0) is 9.53 Å². The van der Waals surface area contributed by atoms with Crippen LogP contribution in [0, 0.1) is 0 Å². The van der Waals surface area contributed by atoms with Crippen LogP contribution in [0.25, 0.3) is 0 Å². The van der Waals surface area contributed by atoms with Crippen LogP contribution >= 0.6 is 0 Å². The molecule has 1 aromatic rings. The topological polar surface area (TPSA) is 73.9 Å². The van der Waals surface area contributed by atoms with E-state index in [4.69, 9.17) is 4.74 Å². The fourth-order valence-electron chi connectivity index (χ4n) is 2.66. The van der Waals surface area contributed by atoms with E-state index >= 15 is 0 Å². The quantitative estimate of drug-likeness (QED) is 0.696. The zero-order chi connectivity index (χ0) is 17.9. The van der Waals surface area contributed by atoms with E-state index in [1.54, 1.807) is 4.90 Å². The van der Waals surface area contributed by atoms with E-state index in [1.807, 2.05) is 37.3 Å². The molecule has 0 unspecified atom stereocenters. The van der Waals surface area contributed by atoms with Crippen molar-refractivity contribution in [3.63, 3.8) is 0 Å². The van der Waals surface area contributed by atoms with Crippen LogP contribution in [0.2, 0.25) is 0 Å². The summed E-state index contributed by atoms with van der Waals surface area (Å²) in [6.45, 7) is 6.97. The van der Waals surface area contributed by atoms with Crippen molar-refractivity contribution in [2.45, 2.75) is 13.3 Å². The maximum absolute atomic E-state index is 12.1. The molecule has 1 aliphatic rings. The van der Waals surface area contributed by atoms with Crippen molar-refractivity contribution in [3.8, 4) is 0 Å². The molecule has 1 saturated heterocycles. The molecular formula is C18H28N4O3. The third-order valence-electron chi connectivity index (χ3n) is 4.03. The van der Waals surface area contributed by atoms with Crippen LogP contribution in [0.5, 0.6) is 0 Å². The zero-order valence-corrected chi connectivity index (χ0v) is 14.9. The highest BCUT2D eigenvalue weighted by atomic mass is 16.5. The van der Waals surface area contributed by atoms with Crippen molar-refractivity contribution in [2.24, 2.45) is 0 Å². The molecule has 138 valence electrons. The third-order valence-corrected chi connectivity index (χ3v) is 4.03. The number of ether oxygens (including phenoxy) is 1. The number of para-hydroxylation sites is 1. The number of hydrogen-bond donors (Lipinski definition) is 2. The Bertz CT molecular complexity index is 530. The van der Waals surface area contributed by atoms with Gasteiger partial charge in [0.25, 0.3) is 0 Å². The molecule has 3 amide bonds. The first-order valence-corrected chi connectivity index (χ1v) is 8.87. The molecule has 1 aromatic carbocycles. The molecule has 0 aromatic heterocycles. The van der Waals surface area contributed by atoms with E-state index < -0.39 is 0 Å². The summed E-state index contributed by atoms with van der Waals surface area (Å²) in [5.41, 5.74) is 0.803. The molecule has 1 heterocycles. The first-order chi connectivity index (χ1) is 12.2. The fourth-order valence-corrected chi connectivity index (χ4v) is 2.66. The van der Waals surface area contributed by atoms with Crippen molar-refractivity contribution in [2.75, 3.05) is 57.8 Å². The number of nitrogens with one attached hydrogen (secondary N) is 2. The lowest BCUT2D eigenvalue weighted by molar-refractivity contribution is -0.117. The Labute approximate surface area is 149 Å². The second kappa shape index (κ2) is 10.7. The zero-order valence-electron chi connectivity index (χ0n) is 14.9. The molecule has 0 spiro atoms. The highest BCUT2D eigenvalue weighted by Crippen LogP contribution is 2.06. The van der Waals surface area contributed by atoms with Gasteiger partial charge in [-0.15, -0.1) is 0 Å².